The third-order valence-electron chi connectivity index (χ3n) is 1.77. The van der Waals surface area contributed by atoms with Gasteiger partial charge in [-0.05, 0) is 26.0 Å². The van der Waals surface area contributed by atoms with Crippen LogP contribution in [0, 0.1) is 0 Å². The minimum atomic E-state index is -1.06. The zero-order valence-corrected chi connectivity index (χ0v) is 10.9. The Kier molecular flexibility index (Phi) is 7.79. The van der Waals surface area contributed by atoms with E-state index in [1.165, 1.54) is 12.3 Å². The molecule has 0 saturated heterocycles. The fourth-order valence-corrected chi connectivity index (χ4v) is 0.875. The van der Waals surface area contributed by atoms with Crippen LogP contribution in [0.1, 0.15) is 13.8 Å². The molecule has 0 amide bonds. The molecule has 0 aliphatic carbocycles. The van der Waals surface area contributed by atoms with Gasteiger partial charge in [-0.25, -0.2) is 13.8 Å². The lowest BCUT2D eigenvalue weighted by Gasteiger charge is -2.07. The third kappa shape index (κ3) is 6.32. The van der Waals surface area contributed by atoms with E-state index in [1.807, 2.05) is 0 Å². The molecular formula is C13H17F2N3O. The minimum absolute atomic E-state index is 0.0251. The van der Waals surface area contributed by atoms with Crippen molar-refractivity contribution in [3.8, 4) is 0 Å². The van der Waals surface area contributed by atoms with Gasteiger partial charge >= 0.3 is 0 Å². The van der Waals surface area contributed by atoms with Crippen molar-refractivity contribution in [2.45, 2.75) is 13.8 Å². The van der Waals surface area contributed by atoms with E-state index in [4.69, 9.17) is 10.6 Å². The summed E-state index contributed by atoms with van der Waals surface area (Å²) in [5.74, 6) is 2.42. The average molecular weight is 269 g/mol. The molecule has 0 heterocycles. The maximum Gasteiger partial charge on any atom is 0.219 e. The van der Waals surface area contributed by atoms with Gasteiger partial charge in [-0.2, -0.15) is 0 Å². The number of nitrogens with zero attached hydrogens (tertiary/aromatic N) is 1. The first-order valence-corrected chi connectivity index (χ1v) is 5.35. The monoisotopic (exact) mass is 269 g/mol. The molecule has 0 aromatic heterocycles. The standard InChI is InChI=1S/C13H17F2N3O/c1-5-7-12(17-8-9(3)18-16)19-13(10(4)14)11(15)6-2/h5-8,18H,2,4,16H2,1,3H3/b7-5+,9-8+,13-11-,17-12-. The van der Waals surface area contributed by atoms with Crippen LogP contribution in [0.5, 0.6) is 0 Å². The van der Waals surface area contributed by atoms with E-state index in [9.17, 15) is 8.78 Å². The number of aliphatic imine (C=N–C) groups is 1. The van der Waals surface area contributed by atoms with Gasteiger partial charge in [-0.15, -0.1) is 0 Å². The van der Waals surface area contributed by atoms with Crippen LogP contribution in [0.3, 0.4) is 0 Å². The van der Waals surface area contributed by atoms with Crippen molar-refractivity contribution in [3.63, 3.8) is 0 Å². The highest BCUT2D eigenvalue weighted by atomic mass is 19.1. The molecule has 0 bridgehead atoms. The minimum Gasteiger partial charge on any atom is -0.433 e. The number of allylic oxidation sites excluding steroid dienone is 5. The molecule has 6 heteroatoms. The first-order chi connectivity index (χ1) is 8.96. The van der Waals surface area contributed by atoms with Gasteiger partial charge in [0, 0.05) is 5.70 Å². The highest BCUT2D eigenvalue weighted by molar-refractivity contribution is 5.89. The molecule has 104 valence electrons. The van der Waals surface area contributed by atoms with E-state index >= 15 is 0 Å². The molecule has 0 unspecified atom stereocenters. The number of hydrogen-bond acceptors (Lipinski definition) is 4. The Morgan fingerprint density at radius 1 is 1.42 bits per heavy atom. The highest BCUT2D eigenvalue weighted by Crippen LogP contribution is 2.19. The lowest BCUT2D eigenvalue weighted by Crippen LogP contribution is -2.18. The number of nitrogens with one attached hydrogen (secondary N) is 1. The summed E-state index contributed by atoms with van der Waals surface area (Å²) < 4.78 is 31.4. The fourth-order valence-electron chi connectivity index (χ4n) is 0.875. The number of hydrogen-bond donors (Lipinski definition) is 2. The Hall–Kier alpha value is -2.21. The molecular weight excluding hydrogens is 252 g/mol. The van der Waals surface area contributed by atoms with Gasteiger partial charge in [0.05, 0.1) is 6.20 Å². The summed E-state index contributed by atoms with van der Waals surface area (Å²) in [5.41, 5.74) is 2.89. The normalized spacial score (nSPS) is 14.2. The summed E-state index contributed by atoms with van der Waals surface area (Å²) in [7, 11) is 0. The predicted molar refractivity (Wildman–Crippen MR) is 73.0 cm³/mol. The van der Waals surface area contributed by atoms with Crippen molar-refractivity contribution in [3.05, 3.63) is 60.7 Å². The van der Waals surface area contributed by atoms with Crippen LogP contribution in [-0.4, -0.2) is 5.90 Å². The van der Waals surface area contributed by atoms with Crippen LogP contribution in [0.25, 0.3) is 0 Å². The summed E-state index contributed by atoms with van der Waals surface area (Å²) in [4.78, 5) is 3.88. The maximum absolute atomic E-state index is 13.3. The van der Waals surface area contributed by atoms with Gasteiger partial charge in [0.2, 0.25) is 5.90 Å². The van der Waals surface area contributed by atoms with Crippen LogP contribution in [-0.2, 0) is 4.74 Å². The van der Waals surface area contributed by atoms with Crippen molar-refractivity contribution < 1.29 is 13.5 Å². The summed E-state index contributed by atoms with van der Waals surface area (Å²) >= 11 is 0. The van der Waals surface area contributed by atoms with Gasteiger partial charge < -0.3 is 10.2 Å². The molecule has 0 spiro atoms. The number of rotatable bonds is 6. The molecule has 0 aliphatic rings. The van der Waals surface area contributed by atoms with Gasteiger partial charge in [-0.1, -0.05) is 19.2 Å². The molecule has 0 aliphatic heterocycles. The number of nitrogens with two attached hydrogens (primary N) is 1. The van der Waals surface area contributed by atoms with Crippen molar-refractivity contribution in [1.82, 2.24) is 5.43 Å². The second kappa shape index (κ2) is 8.82. The van der Waals surface area contributed by atoms with Crippen LogP contribution >= 0.6 is 0 Å². The molecule has 0 atom stereocenters. The van der Waals surface area contributed by atoms with Crippen molar-refractivity contribution >= 4 is 5.90 Å². The average Bonchev–Trinajstić information content (AvgIpc) is 2.40. The Morgan fingerprint density at radius 3 is 2.47 bits per heavy atom. The Bertz CT molecular complexity index is 463. The van der Waals surface area contributed by atoms with Gasteiger partial charge in [-0.3, -0.25) is 5.84 Å². The van der Waals surface area contributed by atoms with Crippen molar-refractivity contribution in [1.29, 1.82) is 0 Å². The quantitative estimate of drug-likeness (QED) is 0.194. The van der Waals surface area contributed by atoms with E-state index in [-0.39, 0.29) is 5.90 Å². The molecule has 0 aromatic rings. The van der Waals surface area contributed by atoms with Crippen molar-refractivity contribution in [2.24, 2.45) is 10.8 Å². The molecule has 0 aromatic carbocycles. The van der Waals surface area contributed by atoms with Crippen LogP contribution in [0.4, 0.5) is 8.78 Å². The fraction of sp³-hybridized carbons (Fsp3) is 0.154. The summed E-state index contributed by atoms with van der Waals surface area (Å²) in [5, 5.41) is 0. The van der Waals surface area contributed by atoms with E-state index in [1.54, 1.807) is 19.9 Å². The second-order valence-electron chi connectivity index (χ2n) is 3.31. The number of ether oxygens (including phenoxy) is 1. The molecule has 0 radical (unpaired) electrons. The Balaban J connectivity index is 5.35. The molecule has 0 rings (SSSR count). The van der Waals surface area contributed by atoms with Gasteiger partial charge in [0.15, 0.2) is 17.4 Å². The van der Waals surface area contributed by atoms with E-state index < -0.39 is 17.4 Å². The van der Waals surface area contributed by atoms with Gasteiger partial charge in [0.25, 0.3) is 0 Å². The Labute approximate surface area is 111 Å². The van der Waals surface area contributed by atoms with Gasteiger partial charge in [0.1, 0.15) is 0 Å². The zero-order valence-electron chi connectivity index (χ0n) is 10.9. The predicted octanol–water partition coefficient (Wildman–Crippen LogP) is 3.15. The first kappa shape index (κ1) is 16.8. The Morgan fingerprint density at radius 2 is 2.05 bits per heavy atom. The lowest BCUT2D eigenvalue weighted by atomic mass is 10.3. The maximum atomic E-state index is 13.3. The smallest absolute Gasteiger partial charge is 0.219 e. The zero-order chi connectivity index (χ0) is 14.8. The van der Waals surface area contributed by atoms with Crippen molar-refractivity contribution in [2.75, 3.05) is 0 Å². The van der Waals surface area contributed by atoms with E-state index in [2.05, 4.69) is 23.6 Å². The van der Waals surface area contributed by atoms with E-state index in [0.29, 0.717) is 5.70 Å². The first-order valence-electron chi connectivity index (χ1n) is 5.35. The SMILES string of the molecule is C=C/C(F)=C(/OC(/C=C/C)=N\C=C(/C)NN)C(=C)F. The lowest BCUT2D eigenvalue weighted by molar-refractivity contribution is 0.375. The second-order valence-corrected chi connectivity index (χ2v) is 3.31. The number of hydrazine groups is 1. The van der Waals surface area contributed by atoms with Crippen LogP contribution in [0.15, 0.2) is 65.7 Å². The summed E-state index contributed by atoms with van der Waals surface area (Å²) in [6, 6.07) is 0. The van der Waals surface area contributed by atoms with Crippen LogP contribution < -0.4 is 11.3 Å². The van der Waals surface area contributed by atoms with Crippen LogP contribution in [0.2, 0.25) is 0 Å². The molecule has 19 heavy (non-hydrogen) atoms. The largest absolute Gasteiger partial charge is 0.433 e. The molecule has 4 nitrogen and oxygen atoms in total. The highest BCUT2D eigenvalue weighted by Gasteiger charge is 2.12. The summed E-state index contributed by atoms with van der Waals surface area (Å²) in [6.45, 7) is 9.53. The van der Waals surface area contributed by atoms with E-state index in [0.717, 1.165) is 6.08 Å². The number of halogens is 2. The summed E-state index contributed by atoms with van der Waals surface area (Å²) in [6.07, 6.45) is 5.19. The molecule has 0 saturated carbocycles. The molecule has 0 fully saturated rings. The molecule has 3 N–H and O–H groups in total. The topological polar surface area (TPSA) is 59.6 Å². The third-order valence-corrected chi connectivity index (χ3v) is 1.77.